The van der Waals surface area contributed by atoms with Crippen molar-refractivity contribution in [3.63, 3.8) is 0 Å². The fraction of sp³-hybridized carbons (Fsp3) is 0.417. The summed E-state index contributed by atoms with van der Waals surface area (Å²) in [6.07, 6.45) is -0.628. The largest absolute Gasteiger partial charge is 0.485 e. The highest BCUT2D eigenvalue weighted by Gasteiger charge is 2.32. The number of piperazine rings is 1. The second-order valence-electron chi connectivity index (χ2n) is 8.26. The van der Waals surface area contributed by atoms with Crippen LogP contribution < -0.4 is 14.8 Å². The lowest BCUT2D eigenvalue weighted by atomic mass is 10.0. The zero-order valence-corrected chi connectivity index (χ0v) is 18.0. The van der Waals surface area contributed by atoms with Crippen molar-refractivity contribution in [1.82, 2.24) is 9.80 Å². The van der Waals surface area contributed by atoms with E-state index in [0.29, 0.717) is 50.1 Å². The minimum atomic E-state index is -0.628. The van der Waals surface area contributed by atoms with Gasteiger partial charge < -0.3 is 19.7 Å². The highest BCUT2D eigenvalue weighted by atomic mass is 16.6. The topological polar surface area (TPSA) is 71.1 Å². The lowest BCUT2D eigenvalue weighted by molar-refractivity contribution is -0.143. The Morgan fingerprint density at radius 2 is 1.68 bits per heavy atom. The van der Waals surface area contributed by atoms with Crippen molar-refractivity contribution in [1.29, 1.82) is 0 Å². The zero-order valence-electron chi connectivity index (χ0n) is 18.0. The van der Waals surface area contributed by atoms with E-state index >= 15 is 0 Å². The third-order valence-electron chi connectivity index (χ3n) is 5.69. The normalized spacial score (nSPS) is 18.7. The molecule has 7 heteroatoms. The minimum Gasteiger partial charge on any atom is -0.485 e. The highest BCUT2D eigenvalue weighted by Crippen LogP contribution is 2.31. The van der Waals surface area contributed by atoms with Crippen LogP contribution in [-0.4, -0.2) is 67.0 Å². The van der Waals surface area contributed by atoms with Gasteiger partial charge in [0.15, 0.2) is 11.5 Å². The van der Waals surface area contributed by atoms with Crippen LogP contribution in [0.3, 0.4) is 0 Å². The van der Waals surface area contributed by atoms with Crippen molar-refractivity contribution >= 4 is 17.5 Å². The van der Waals surface area contributed by atoms with Crippen molar-refractivity contribution < 1.29 is 19.1 Å². The SMILES string of the molecule is CC(C)c1ccccc1NC(=O)CN1CCN(C(=O)[C@@H]2COc3ccccc3O2)CC1. The van der Waals surface area contributed by atoms with Gasteiger partial charge in [0.2, 0.25) is 12.0 Å². The Labute approximate surface area is 182 Å². The van der Waals surface area contributed by atoms with Crippen molar-refractivity contribution in [2.45, 2.75) is 25.9 Å². The molecule has 1 saturated heterocycles. The summed E-state index contributed by atoms with van der Waals surface area (Å²) in [7, 11) is 0. The molecule has 1 fully saturated rings. The van der Waals surface area contributed by atoms with Crippen molar-refractivity contribution in [2.24, 2.45) is 0 Å². The maximum atomic E-state index is 12.9. The summed E-state index contributed by atoms with van der Waals surface area (Å²) in [6, 6.07) is 15.3. The van der Waals surface area contributed by atoms with Crippen LogP contribution in [0.4, 0.5) is 5.69 Å². The van der Waals surface area contributed by atoms with Crippen LogP contribution in [0.15, 0.2) is 48.5 Å². The maximum Gasteiger partial charge on any atom is 0.267 e. The molecule has 0 aliphatic carbocycles. The average molecular weight is 424 g/mol. The van der Waals surface area contributed by atoms with Gasteiger partial charge in [0.1, 0.15) is 6.61 Å². The first kappa shape index (κ1) is 21.2. The molecule has 2 heterocycles. The number of amides is 2. The van der Waals surface area contributed by atoms with Crippen LogP contribution in [0.5, 0.6) is 11.5 Å². The van der Waals surface area contributed by atoms with Crippen LogP contribution in [-0.2, 0) is 9.59 Å². The zero-order chi connectivity index (χ0) is 21.8. The monoisotopic (exact) mass is 423 g/mol. The van der Waals surface area contributed by atoms with Gasteiger partial charge in [0.25, 0.3) is 5.91 Å². The third kappa shape index (κ3) is 4.99. The number of para-hydroxylation sites is 3. The Balaban J connectivity index is 1.26. The van der Waals surface area contributed by atoms with E-state index in [9.17, 15) is 9.59 Å². The smallest absolute Gasteiger partial charge is 0.267 e. The molecule has 4 rings (SSSR count). The first-order chi connectivity index (χ1) is 15.0. The minimum absolute atomic E-state index is 0.0338. The summed E-state index contributed by atoms with van der Waals surface area (Å²) in [5.41, 5.74) is 1.99. The average Bonchev–Trinajstić information content (AvgIpc) is 2.79. The van der Waals surface area contributed by atoms with Crippen LogP contribution >= 0.6 is 0 Å². The predicted octanol–water partition coefficient (Wildman–Crippen LogP) is 2.73. The summed E-state index contributed by atoms with van der Waals surface area (Å²) < 4.78 is 11.5. The Bertz CT molecular complexity index is 938. The summed E-state index contributed by atoms with van der Waals surface area (Å²) in [5.74, 6) is 1.51. The van der Waals surface area contributed by atoms with E-state index in [0.717, 1.165) is 11.3 Å². The number of ether oxygens (including phenoxy) is 2. The van der Waals surface area contributed by atoms with E-state index in [1.807, 2.05) is 48.5 Å². The molecule has 0 unspecified atom stereocenters. The molecular formula is C24H29N3O4. The molecule has 2 aliphatic heterocycles. The lowest BCUT2D eigenvalue weighted by Crippen LogP contribution is -2.54. The molecule has 2 amide bonds. The number of carbonyl (C=O) groups is 2. The molecular weight excluding hydrogens is 394 g/mol. The second-order valence-corrected chi connectivity index (χ2v) is 8.26. The first-order valence-corrected chi connectivity index (χ1v) is 10.8. The fourth-order valence-electron chi connectivity index (χ4n) is 3.98. The van der Waals surface area contributed by atoms with Gasteiger partial charge in [-0.1, -0.05) is 44.2 Å². The number of fused-ring (bicyclic) bond motifs is 1. The Hall–Kier alpha value is -3.06. The molecule has 7 nitrogen and oxygen atoms in total. The fourth-order valence-corrected chi connectivity index (χ4v) is 3.98. The van der Waals surface area contributed by atoms with Gasteiger partial charge in [-0.3, -0.25) is 14.5 Å². The molecule has 0 saturated carbocycles. The van der Waals surface area contributed by atoms with Crippen LogP contribution in [0.2, 0.25) is 0 Å². The number of nitrogens with one attached hydrogen (secondary N) is 1. The number of nitrogens with zero attached hydrogens (tertiary/aromatic N) is 2. The van der Waals surface area contributed by atoms with Gasteiger partial charge in [0, 0.05) is 31.9 Å². The Kier molecular flexibility index (Phi) is 6.42. The molecule has 1 N–H and O–H groups in total. The van der Waals surface area contributed by atoms with E-state index in [-0.39, 0.29) is 18.4 Å². The summed E-state index contributed by atoms with van der Waals surface area (Å²) in [5, 5.41) is 3.04. The van der Waals surface area contributed by atoms with Gasteiger partial charge in [-0.2, -0.15) is 0 Å². The highest BCUT2D eigenvalue weighted by molar-refractivity contribution is 5.93. The van der Waals surface area contributed by atoms with E-state index in [2.05, 4.69) is 24.1 Å². The molecule has 2 aromatic carbocycles. The molecule has 164 valence electrons. The molecule has 0 spiro atoms. The number of benzene rings is 2. The Morgan fingerprint density at radius 3 is 2.42 bits per heavy atom. The number of rotatable bonds is 5. The van der Waals surface area contributed by atoms with E-state index < -0.39 is 6.10 Å². The molecule has 1 atom stereocenters. The lowest BCUT2D eigenvalue weighted by Gasteiger charge is -2.36. The number of carbonyl (C=O) groups excluding carboxylic acids is 2. The third-order valence-corrected chi connectivity index (χ3v) is 5.69. The molecule has 2 aliphatic rings. The van der Waals surface area contributed by atoms with Gasteiger partial charge >= 0.3 is 0 Å². The van der Waals surface area contributed by atoms with Crippen molar-refractivity contribution in [2.75, 3.05) is 44.6 Å². The standard InChI is InChI=1S/C24H29N3O4/c1-17(2)18-7-3-4-8-19(18)25-23(28)15-26-11-13-27(14-12-26)24(29)22-16-30-20-9-5-6-10-21(20)31-22/h3-10,17,22H,11-16H2,1-2H3,(H,25,28)/t22-/m0/s1. The summed E-state index contributed by atoms with van der Waals surface area (Å²) >= 11 is 0. The van der Waals surface area contributed by atoms with Crippen molar-refractivity contribution in [3.8, 4) is 11.5 Å². The Morgan fingerprint density at radius 1 is 1.00 bits per heavy atom. The predicted molar refractivity (Wildman–Crippen MR) is 119 cm³/mol. The summed E-state index contributed by atoms with van der Waals surface area (Å²) in [4.78, 5) is 29.3. The molecule has 0 aromatic heterocycles. The maximum absolute atomic E-state index is 12.9. The van der Waals surface area contributed by atoms with Crippen LogP contribution in [0.1, 0.15) is 25.3 Å². The number of hydrogen-bond acceptors (Lipinski definition) is 5. The van der Waals surface area contributed by atoms with Gasteiger partial charge in [-0.25, -0.2) is 0 Å². The summed E-state index contributed by atoms with van der Waals surface area (Å²) in [6.45, 7) is 7.18. The van der Waals surface area contributed by atoms with E-state index in [1.165, 1.54) is 0 Å². The molecule has 31 heavy (non-hydrogen) atoms. The van der Waals surface area contributed by atoms with Crippen LogP contribution in [0.25, 0.3) is 0 Å². The van der Waals surface area contributed by atoms with E-state index in [1.54, 1.807) is 4.90 Å². The van der Waals surface area contributed by atoms with Gasteiger partial charge in [0.05, 0.1) is 6.54 Å². The van der Waals surface area contributed by atoms with E-state index in [4.69, 9.17) is 9.47 Å². The molecule has 0 bridgehead atoms. The van der Waals surface area contributed by atoms with Gasteiger partial charge in [-0.15, -0.1) is 0 Å². The second kappa shape index (κ2) is 9.39. The number of anilines is 1. The quantitative estimate of drug-likeness (QED) is 0.801. The molecule has 0 radical (unpaired) electrons. The molecule has 2 aromatic rings. The first-order valence-electron chi connectivity index (χ1n) is 10.8. The van der Waals surface area contributed by atoms with Crippen molar-refractivity contribution in [3.05, 3.63) is 54.1 Å². The van der Waals surface area contributed by atoms with Crippen LogP contribution in [0, 0.1) is 0 Å². The number of hydrogen-bond donors (Lipinski definition) is 1. The van der Waals surface area contributed by atoms with Gasteiger partial charge in [-0.05, 0) is 29.7 Å².